The van der Waals surface area contributed by atoms with Crippen LogP contribution in [0.25, 0.3) is 0 Å². The molecule has 0 saturated carbocycles. The Hall–Kier alpha value is -0.600. The Kier molecular flexibility index (Phi) is 10.9. The predicted molar refractivity (Wildman–Crippen MR) is 87.3 cm³/mol. The molecule has 1 aliphatic heterocycles. The number of nitrogens with zero attached hydrogens (tertiary/aromatic N) is 1. The number of likely N-dealkylation sites (tertiary alicyclic amines) is 1. The summed E-state index contributed by atoms with van der Waals surface area (Å²) >= 11 is 0. The van der Waals surface area contributed by atoms with Crippen molar-refractivity contribution in [1.82, 2.24) is 4.90 Å². The van der Waals surface area contributed by atoms with E-state index in [0.29, 0.717) is 5.92 Å². The molecule has 2 heteroatoms. The summed E-state index contributed by atoms with van der Waals surface area (Å²) in [5, 5.41) is 0. The molecule has 0 aromatic carbocycles. The van der Waals surface area contributed by atoms with Gasteiger partial charge in [0.25, 0.3) is 0 Å². The number of rotatable bonds is 5. The summed E-state index contributed by atoms with van der Waals surface area (Å²) < 4.78 is 0. The van der Waals surface area contributed by atoms with Crippen LogP contribution in [-0.2, 0) is 0 Å². The van der Waals surface area contributed by atoms with Crippen molar-refractivity contribution in [3.8, 4) is 0 Å². The lowest BCUT2D eigenvalue weighted by molar-refractivity contribution is 0.167. The van der Waals surface area contributed by atoms with E-state index >= 15 is 0 Å². The molecule has 1 unspecified atom stereocenters. The summed E-state index contributed by atoms with van der Waals surface area (Å²) in [5.41, 5.74) is 7.09. The first-order chi connectivity index (χ1) is 9.22. The lowest BCUT2D eigenvalue weighted by Gasteiger charge is -2.35. The Morgan fingerprint density at radius 1 is 1.26 bits per heavy atom. The van der Waals surface area contributed by atoms with Crippen LogP contribution in [0.4, 0.5) is 0 Å². The van der Waals surface area contributed by atoms with Gasteiger partial charge in [-0.25, -0.2) is 0 Å². The molecule has 0 aromatic heterocycles. The van der Waals surface area contributed by atoms with Gasteiger partial charge in [-0.2, -0.15) is 0 Å². The minimum absolute atomic E-state index is 0.691. The maximum absolute atomic E-state index is 5.60. The van der Waals surface area contributed by atoms with Crippen molar-refractivity contribution in [3.05, 3.63) is 23.8 Å². The van der Waals surface area contributed by atoms with E-state index in [1.54, 1.807) is 0 Å². The fraction of sp³-hybridized carbons (Fsp3) is 0.765. The van der Waals surface area contributed by atoms with Gasteiger partial charge < -0.3 is 10.6 Å². The smallest absolute Gasteiger partial charge is 0.0105 e. The Balaban J connectivity index is 0.00000154. The predicted octanol–water partition coefficient (Wildman–Crippen LogP) is 3.84. The van der Waals surface area contributed by atoms with E-state index in [0.717, 1.165) is 19.0 Å². The van der Waals surface area contributed by atoms with Crippen LogP contribution in [0.5, 0.6) is 0 Å². The molecule has 0 spiro atoms. The van der Waals surface area contributed by atoms with Crippen LogP contribution in [0, 0.1) is 11.8 Å². The number of hydrogen-bond donors (Lipinski definition) is 1. The van der Waals surface area contributed by atoms with Crippen molar-refractivity contribution >= 4 is 0 Å². The maximum atomic E-state index is 5.60. The summed E-state index contributed by atoms with van der Waals surface area (Å²) in [6.45, 7) is 14.9. The molecule has 1 saturated heterocycles. The van der Waals surface area contributed by atoms with E-state index in [2.05, 4.69) is 43.9 Å². The molecule has 2 N–H and O–H groups in total. The van der Waals surface area contributed by atoms with Crippen LogP contribution >= 0.6 is 0 Å². The van der Waals surface area contributed by atoms with Crippen LogP contribution in [-0.4, -0.2) is 31.1 Å². The Morgan fingerprint density at radius 3 is 2.26 bits per heavy atom. The van der Waals surface area contributed by atoms with E-state index in [9.17, 15) is 0 Å². The highest BCUT2D eigenvalue weighted by Crippen LogP contribution is 2.30. The van der Waals surface area contributed by atoms with E-state index in [1.807, 2.05) is 13.8 Å². The average molecular weight is 266 g/mol. The Morgan fingerprint density at radius 2 is 1.84 bits per heavy atom. The standard InChI is InChI=1S/C15H28N2.C2H6/c1-4-6-14(5-2)13(3)15-7-10-17(11-8-15)12-9-16;1-2/h4-6,13,15H,7-12,16H2,1-3H3;1-2H3/b6-4-,14-5+;. The summed E-state index contributed by atoms with van der Waals surface area (Å²) in [6, 6.07) is 0. The number of nitrogens with two attached hydrogens (primary N) is 1. The van der Waals surface area contributed by atoms with Crippen molar-refractivity contribution in [2.45, 2.75) is 47.5 Å². The van der Waals surface area contributed by atoms with Gasteiger partial charge in [-0.1, -0.05) is 39.0 Å². The van der Waals surface area contributed by atoms with Crippen molar-refractivity contribution in [1.29, 1.82) is 0 Å². The molecule has 1 atom stereocenters. The third-order valence-corrected chi connectivity index (χ3v) is 4.00. The Labute approximate surface area is 120 Å². The zero-order valence-electron chi connectivity index (χ0n) is 13.7. The van der Waals surface area contributed by atoms with Gasteiger partial charge in [0, 0.05) is 13.1 Å². The second-order valence-electron chi connectivity index (χ2n) is 5.05. The number of piperidine rings is 1. The zero-order chi connectivity index (χ0) is 14.7. The molecule has 19 heavy (non-hydrogen) atoms. The summed E-state index contributed by atoms with van der Waals surface area (Å²) in [4.78, 5) is 2.49. The van der Waals surface area contributed by atoms with Crippen molar-refractivity contribution < 1.29 is 0 Å². The fourth-order valence-corrected chi connectivity index (χ4v) is 2.83. The van der Waals surface area contributed by atoms with Crippen LogP contribution in [0.3, 0.4) is 0 Å². The first-order valence-corrected chi connectivity index (χ1v) is 7.94. The van der Waals surface area contributed by atoms with E-state index in [-0.39, 0.29) is 0 Å². The maximum Gasteiger partial charge on any atom is 0.0105 e. The van der Waals surface area contributed by atoms with Gasteiger partial charge >= 0.3 is 0 Å². The van der Waals surface area contributed by atoms with Gasteiger partial charge in [-0.05, 0) is 57.2 Å². The topological polar surface area (TPSA) is 29.3 Å². The van der Waals surface area contributed by atoms with Gasteiger partial charge in [0.15, 0.2) is 0 Å². The van der Waals surface area contributed by atoms with E-state index in [4.69, 9.17) is 5.73 Å². The number of hydrogen-bond acceptors (Lipinski definition) is 2. The molecule has 0 radical (unpaired) electrons. The molecule has 0 amide bonds. The second kappa shape index (κ2) is 11.2. The molecule has 0 bridgehead atoms. The zero-order valence-corrected chi connectivity index (χ0v) is 13.7. The van der Waals surface area contributed by atoms with Gasteiger partial charge in [-0.15, -0.1) is 0 Å². The van der Waals surface area contributed by atoms with Gasteiger partial charge in [0.05, 0.1) is 0 Å². The van der Waals surface area contributed by atoms with Gasteiger partial charge in [-0.3, -0.25) is 0 Å². The van der Waals surface area contributed by atoms with Crippen molar-refractivity contribution in [2.75, 3.05) is 26.2 Å². The fourth-order valence-electron chi connectivity index (χ4n) is 2.83. The lowest BCUT2D eigenvalue weighted by atomic mass is 9.80. The van der Waals surface area contributed by atoms with Crippen molar-refractivity contribution in [3.63, 3.8) is 0 Å². The highest BCUT2D eigenvalue weighted by molar-refractivity contribution is 5.20. The van der Waals surface area contributed by atoms with E-state index < -0.39 is 0 Å². The quantitative estimate of drug-likeness (QED) is 0.766. The van der Waals surface area contributed by atoms with Crippen molar-refractivity contribution in [2.24, 2.45) is 17.6 Å². The SMILES string of the molecule is C/C=C\C(=C/C)C(C)C1CCN(CCN)CC1.CC. The molecule has 1 fully saturated rings. The third-order valence-electron chi connectivity index (χ3n) is 4.00. The van der Waals surface area contributed by atoms with Gasteiger partial charge in [0.2, 0.25) is 0 Å². The minimum atomic E-state index is 0.691. The van der Waals surface area contributed by atoms with Crippen LogP contribution in [0.15, 0.2) is 23.8 Å². The molecule has 1 rings (SSSR count). The van der Waals surface area contributed by atoms with E-state index in [1.165, 1.54) is 31.5 Å². The molecule has 1 heterocycles. The monoisotopic (exact) mass is 266 g/mol. The first kappa shape index (κ1) is 18.4. The molecule has 0 aromatic rings. The molecular weight excluding hydrogens is 232 g/mol. The second-order valence-corrected chi connectivity index (χ2v) is 5.05. The largest absolute Gasteiger partial charge is 0.329 e. The van der Waals surface area contributed by atoms with Crippen LogP contribution < -0.4 is 5.73 Å². The number of allylic oxidation sites excluding steroid dienone is 4. The highest BCUT2D eigenvalue weighted by atomic mass is 15.1. The average Bonchev–Trinajstić information content (AvgIpc) is 2.47. The molecule has 112 valence electrons. The lowest BCUT2D eigenvalue weighted by Crippen LogP contribution is -2.38. The summed E-state index contributed by atoms with van der Waals surface area (Å²) in [7, 11) is 0. The third kappa shape index (κ3) is 6.40. The summed E-state index contributed by atoms with van der Waals surface area (Å²) in [5.74, 6) is 1.53. The molecular formula is C17H34N2. The molecule has 0 aliphatic carbocycles. The minimum Gasteiger partial charge on any atom is -0.329 e. The molecule has 1 aliphatic rings. The van der Waals surface area contributed by atoms with Crippen LogP contribution in [0.1, 0.15) is 47.5 Å². The first-order valence-electron chi connectivity index (χ1n) is 7.94. The normalized spacial score (nSPS) is 20.2. The molecule has 2 nitrogen and oxygen atoms in total. The summed E-state index contributed by atoms with van der Waals surface area (Å²) in [6.07, 6.45) is 9.30. The van der Waals surface area contributed by atoms with Gasteiger partial charge in [0.1, 0.15) is 0 Å². The Bertz CT molecular complexity index is 260. The van der Waals surface area contributed by atoms with Crippen LogP contribution in [0.2, 0.25) is 0 Å². The highest BCUT2D eigenvalue weighted by Gasteiger charge is 2.24.